The smallest absolute Gasteiger partial charge is 0.137 e. The molecule has 0 bridgehead atoms. The number of hydrogen-bond acceptors (Lipinski definition) is 2. The molecule has 1 heterocycles. The third kappa shape index (κ3) is 4.48. The zero-order chi connectivity index (χ0) is 11.3. The Morgan fingerprint density at radius 2 is 2.13 bits per heavy atom. The third-order valence-corrected chi connectivity index (χ3v) is 2.57. The average molecular weight is 207 g/mol. The highest BCUT2D eigenvalue weighted by Crippen LogP contribution is 2.15. The van der Waals surface area contributed by atoms with E-state index in [1.54, 1.807) is 0 Å². The van der Waals surface area contributed by atoms with E-state index >= 15 is 0 Å². The molecule has 15 heavy (non-hydrogen) atoms. The van der Waals surface area contributed by atoms with Gasteiger partial charge in [-0.15, -0.1) is 0 Å². The van der Waals surface area contributed by atoms with Crippen molar-refractivity contribution in [1.82, 2.24) is 4.90 Å². The summed E-state index contributed by atoms with van der Waals surface area (Å²) in [5.41, 5.74) is 0.0620. The highest BCUT2D eigenvalue weighted by atomic mass is 16.1. The average Bonchev–Trinajstić information content (AvgIpc) is 2.16. The van der Waals surface area contributed by atoms with Crippen molar-refractivity contribution in [3.8, 4) is 11.8 Å². The van der Waals surface area contributed by atoms with Crippen LogP contribution in [0.3, 0.4) is 0 Å². The highest BCUT2D eigenvalue weighted by Gasteiger charge is 2.20. The molecule has 0 aromatic carbocycles. The summed E-state index contributed by atoms with van der Waals surface area (Å²) in [5, 5.41) is 0. The van der Waals surface area contributed by atoms with Crippen LogP contribution >= 0.6 is 0 Å². The molecule has 0 spiro atoms. The lowest BCUT2D eigenvalue weighted by Crippen LogP contribution is -2.40. The third-order valence-electron chi connectivity index (χ3n) is 2.57. The standard InChI is InChI=1S/C13H21NO/c1-13(2,3)8-6-10-14-9-5-4-7-12(14)11-15/h11-12H,4-5,7,9-10H2,1-3H3. The molecule has 0 aromatic rings. The molecule has 0 radical (unpaired) electrons. The molecule has 2 heteroatoms. The molecule has 1 fully saturated rings. The molecule has 1 aliphatic rings. The predicted molar refractivity (Wildman–Crippen MR) is 62.5 cm³/mol. The van der Waals surface area contributed by atoms with Gasteiger partial charge in [0.25, 0.3) is 0 Å². The first-order valence-corrected chi connectivity index (χ1v) is 5.72. The van der Waals surface area contributed by atoms with Crippen molar-refractivity contribution >= 4 is 6.29 Å². The molecule has 1 rings (SSSR count). The molecule has 1 saturated heterocycles. The maximum Gasteiger partial charge on any atom is 0.137 e. The molecule has 1 unspecified atom stereocenters. The van der Waals surface area contributed by atoms with E-state index in [0.29, 0.717) is 0 Å². The van der Waals surface area contributed by atoms with E-state index in [9.17, 15) is 4.79 Å². The highest BCUT2D eigenvalue weighted by molar-refractivity contribution is 5.57. The zero-order valence-corrected chi connectivity index (χ0v) is 10.0. The Bertz CT molecular complexity index is 266. The van der Waals surface area contributed by atoms with Crippen LogP contribution in [-0.2, 0) is 4.79 Å². The summed E-state index contributed by atoms with van der Waals surface area (Å²) < 4.78 is 0. The van der Waals surface area contributed by atoms with Crippen LogP contribution in [0.15, 0.2) is 0 Å². The van der Waals surface area contributed by atoms with Gasteiger partial charge < -0.3 is 4.79 Å². The summed E-state index contributed by atoms with van der Waals surface area (Å²) in [5.74, 6) is 6.38. The van der Waals surface area contributed by atoms with Gasteiger partial charge in [-0.1, -0.05) is 18.3 Å². The van der Waals surface area contributed by atoms with Gasteiger partial charge in [0.1, 0.15) is 6.29 Å². The molecule has 2 nitrogen and oxygen atoms in total. The van der Waals surface area contributed by atoms with E-state index < -0.39 is 0 Å². The van der Waals surface area contributed by atoms with Crippen molar-refractivity contribution in [3.05, 3.63) is 0 Å². The first-order valence-electron chi connectivity index (χ1n) is 5.72. The van der Waals surface area contributed by atoms with E-state index in [1.807, 2.05) is 0 Å². The summed E-state index contributed by atoms with van der Waals surface area (Å²) in [4.78, 5) is 13.0. The van der Waals surface area contributed by atoms with E-state index in [-0.39, 0.29) is 11.5 Å². The van der Waals surface area contributed by atoms with Gasteiger partial charge in [0.15, 0.2) is 0 Å². The quantitative estimate of drug-likeness (QED) is 0.510. The van der Waals surface area contributed by atoms with Gasteiger partial charge >= 0.3 is 0 Å². The predicted octanol–water partition coefficient (Wildman–Crippen LogP) is 2.09. The second-order valence-electron chi connectivity index (χ2n) is 5.22. The zero-order valence-electron chi connectivity index (χ0n) is 10.0. The fourth-order valence-corrected chi connectivity index (χ4v) is 1.77. The van der Waals surface area contributed by atoms with Gasteiger partial charge in [-0.05, 0) is 40.2 Å². The van der Waals surface area contributed by atoms with Crippen LogP contribution in [0.4, 0.5) is 0 Å². The van der Waals surface area contributed by atoms with Crippen molar-refractivity contribution in [3.63, 3.8) is 0 Å². The fourth-order valence-electron chi connectivity index (χ4n) is 1.77. The normalized spacial score (nSPS) is 23.0. The Kier molecular flexibility index (Phi) is 4.35. The molecule has 84 valence electrons. The summed E-state index contributed by atoms with van der Waals surface area (Å²) in [7, 11) is 0. The van der Waals surface area contributed by atoms with Crippen LogP contribution in [0.2, 0.25) is 0 Å². The first kappa shape index (κ1) is 12.3. The van der Waals surface area contributed by atoms with Gasteiger partial charge in [-0.3, -0.25) is 4.90 Å². The Labute approximate surface area is 93.0 Å². The van der Waals surface area contributed by atoms with E-state index in [1.165, 1.54) is 12.8 Å². The van der Waals surface area contributed by atoms with E-state index in [2.05, 4.69) is 37.5 Å². The number of likely N-dealkylation sites (tertiary alicyclic amines) is 1. The number of hydrogen-bond donors (Lipinski definition) is 0. The Morgan fingerprint density at radius 3 is 2.73 bits per heavy atom. The van der Waals surface area contributed by atoms with Gasteiger partial charge in [0.2, 0.25) is 0 Å². The molecule has 0 N–H and O–H groups in total. The van der Waals surface area contributed by atoms with E-state index in [4.69, 9.17) is 0 Å². The summed E-state index contributed by atoms with van der Waals surface area (Å²) >= 11 is 0. The number of carbonyl (C=O) groups is 1. The lowest BCUT2D eigenvalue weighted by molar-refractivity contribution is -0.113. The fraction of sp³-hybridized carbons (Fsp3) is 0.769. The number of carbonyl (C=O) groups excluding carboxylic acids is 1. The number of nitrogens with zero attached hydrogens (tertiary/aromatic N) is 1. The minimum Gasteiger partial charge on any atom is -0.302 e. The molecular weight excluding hydrogens is 186 g/mol. The molecule has 0 aromatic heterocycles. The van der Waals surface area contributed by atoms with Crippen molar-refractivity contribution < 1.29 is 4.79 Å². The van der Waals surface area contributed by atoms with Crippen LogP contribution < -0.4 is 0 Å². The topological polar surface area (TPSA) is 20.3 Å². The minimum absolute atomic E-state index is 0.0620. The lowest BCUT2D eigenvalue weighted by Gasteiger charge is -2.30. The van der Waals surface area contributed by atoms with Gasteiger partial charge in [0.05, 0.1) is 12.6 Å². The monoisotopic (exact) mass is 207 g/mol. The van der Waals surface area contributed by atoms with Gasteiger partial charge in [-0.2, -0.15) is 0 Å². The first-order chi connectivity index (χ1) is 7.03. The van der Waals surface area contributed by atoms with Crippen molar-refractivity contribution in [2.24, 2.45) is 5.41 Å². The van der Waals surface area contributed by atoms with Gasteiger partial charge in [0, 0.05) is 5.41 Å². The van der Waals surface area contributed by atoms with Crippen LogP contribution in [0.25, 0.3) is 0 Å². The second kappa shape index (κ2) is 5.32. The van der Waals surface area contributed by atoms with Crippen molar-refractivity contribution in [1.29, 1.82) is 0 Å². The largest absolute Gasteiger partial charge is 0.302 e. The minimum atomic E-state index is 0.0620. The van der Waals surface area contributed by atoms with Crippen molar-refractivity contribution in [2.75, 3.05) is 13.1 Å². The van der Waals surface area contributed by atoms with Crippen LogP contribution in [0.1, 0.15) is 40.0 Å². The maximum absolute atomic E-state index is 10.8. The molecule has 1 atom stereocenters. The molecule has 0 aliphatic carbocycles. The van der Waals surface area contributed by atoms with Crippen LogP contribution in [0, 0.1) is 17.3 Å². The van der Waals surface area contributed by atoms with Crippen LogP contribution in [-0.4, -0.2) is 30.3 Å². The number of aldehydes is 1. The van der Waals surface area contributed by atoms with Gasteiger partial charge in [-0.25, -0.2) is 0 Å². The Morgan fingerprint density at radius 1 is 1.40 bits per heavy atom. The second-order valence-corrected chi connectivity index (χ2v) is 5.22. The van der Waals surface area contributed by atoms with Crippen molar-refractivity contribution in [2.45, 2.75) is 46.1 Å². The SMILES string of the molecule is CC(C)(C)C#CCN1CCCCC1C=O. The summed E-state index contributed by atoms with van der Waals surface area (Å²) in [6.07, 6.45) is 4.44. The molecular formula is C13H21NO. The summed E-state index contributed by atoms with van der Waals surface area (Å²) in [6.45, 7) is 8.07. The lowest BCUT2D eigenvalue weighted by atomic mass is 9.98. The van der Waals surface area contributed by atoms with E-state index in [0.717, 1.165) is 25.8 Å². The molecule has 0 amide bonds. The Balaban J connectivity index is 2.48. The summed E-state index contributed by atoms with van der Waals surface area (Å²) in [6, 6.07) is 0.105. The maximum atomic E-state index is 10.8. The van der Waals surface area contributed by atoms with Crippen LogP contribution in [0.5, 0.6) is 0 Å². The molecule has 0 saturated carbocycles. The number of rotatable bonds is 2. The number of piperidine rings is 1. The Hall–Kier alpha value is -0.810. The molecule has 1 aliphatic heterocycles.